The predicted molar refractivity (Wildman–Crippen MR) is 99.2 cm³/mol. The van der Waals surface area contributed by atoms with Crippen molar-refractivity contribution in [2.45, 2.75) is 20.0 Å². The van der Waals surface area contributed by atoms with E-state index >= 15 is 0 Å². The van der Waals surface area contributed by atoms with Crippen molar-refractivity contribution in [3.05, 3.63) is 58.8 Å². The summed E-state index contributed by atoms with van der Waals surface area (Å²) in [6.45, 7) is 3.38. The second-order valence-corrected chi connectivity index (χ2v) is 6.06. The van der Waals surface area contributed by atoms with Gasteiger partial charge in [0.15, 0.2) is 11.9 Å². The fourth-order valence-electron chi connectivity index (χ4n) is 2.75. The lowest BCUT2D eigenvalue weighted by atomic mass is 10.1. The van der Waals surface area contributed by atoms with Crippen LogP contribution in [0.4, 0.5) is 0 Å². The fourth-order valence-corrected chi connectivity index (χ4v) is 2.75. The molecule has 0 unspecified atom stereocenters. The third kappa shape index (κ3) is 3.65. The number of hydrogen-bond acceptors (Lipinski definition) is 6. The van der Waals surface area contributed by atoms with Crippen LogP contribution in [0, 0.1) is 6.92 Å². The first-order valence-electron chi connectivity index (χ1n) is 8.41. The van der Waals surface area contributed by atoms with Crippen molar-refractivity contribution in [1.82, 2.24) is 0 Å². The molecule has 1 atom stereocenters. The van der Waals surface area contributed by atoms with Gasteiger partial charge in [-0.3, -0.25) is 4.79 Å². The van der Waals surface area contributed by atoms with Gasteiger partial charge in [-0.15, -0.1) is 0 Å². The summed E-state index contributed by atoms with van der Waals surface area (Å²) in [6, 6.07) is 10.6. The molecular formula is C21H20O6. The summed E-state index contributed by atoms with van der Waals surface area (Å²) in [4.78, 5) is 24.2. The van der Waals surface area contributed by atoms with Crippen molar-refractivity contribution in [2.24, 2.45) is 0 Å². The highest BCUT2D eigenvalue weighted by Gasteiger charge is 2.30. The number of ketones is 1. The number of methoxy groups -OCH3 is 2. The molecule has 1 aliphatic heterocycles. The van der Waals surface area contributed by atoms with Crippen LogP contribution in [0.1, 0.15) is 28.4 Å². The Kier molecular flexibility index (Phi) is 5.16. The maximum absolute atomic E-state index is 12.6. The standard InChI is InChI=1S/C21H20O6/c1-12-17(26-13(2)21(23)25-4)10-9-16-19(22)18(27-20(12)16)11-14-5-7-15(24-3)8-6-14/h5-11,13H,1-4H3/t13-/m0/s1. The minimum atomic E-state index is -0.766. The van der Waals surface area contributed by atoms with Gasteiger partial charge in [0, 0.05) is 5.56 Å². The highest BCUT2D eigenvalue weighted by molar-refractivity contribution is 6.15. The zero-order chi connectivity index (χ0) is 19.6. The van der Waals surface area contributed by atoms with Crippen molar-refractivity contribution >= 4 is 17.8 Å². The maximum atomic E-state index is 12.6. The third-order valence-corrected chi connectivity index (χ3v) is 4.29. The Balaban J connectivity index is 1.87. The summed E-state index contributed by atoms with van der Waals surface area (Å²) >= 11 is 0. The third-order valence-electron chi connectivity index (χ3n) is 4.29. The minimum Gasteiger partial charge on any atom is -0.497 e. The number of ether oxygens (including phenoxy) is 4. The number of fused-ring (bicyclic) bond motifs is 1. The molecule has 0 amide bonds. The lowest BCUT2D eigenvalue weighted by Crippen LogP contribution is -2.25. The molecule has 0 radical (unpaired) electrons. The number of carbonyl (C=O) groups is 2. The Bertz CT molecular complexity index is 911. The number of carbonyl (C=O) groups excluding carboxylic acids is 2. The highest BCUT2D eigenvalue weighted by Crippen LogP contribution is 2.39. The first kappa shape index (κ1) is 18.5. The Labute approximate surface area is 157 Å². The van der Waals surface area contributed by atoms with Crippen LogP contribution in [0.5, 0.6) is 17.2 Å². The van der Waals surface area contributed by atoms with Gasteiger partial charge in [0.25, 0.3) is 0 Å². The molecule has 0 bridgehead atoms. The zero-order valence-electron chi connectivity index (χ0n) is 15.6. The average Bonchev–Trinajstić information content (AvgIpc) is 3.00. The number of esters is 1. The van der Waals surface area contributed by atoms with Gasteiger partial charge >= 0.3 is 5.97 Å². The van der Waals surface area contributed by atoms with Crippen molar-refractivity contribution in [3.63, 3.8) is 0 Å². The van der Waals surface area contributed by atoms with E-state index in [2.05, 4.69) is 4.74 Å². The van der Waals surface area contributed by atoms with Gasteiger partial charge in [0.05, 0.1) is 19.8 Å². The van der Waals surface area contributed by atoms with Crippen molar-refractivity contribution in [3.8, 4) is 17.2 Å². The van der Waals surface area contributed by atoms with E-state index in [0.717, 1.165) is 11.3 Å². The van der Waals surface area contributed by atoms with Gasteiger partial charge in [-0.2, -0.15) is 0 Å². The second kappa shape index (κ2) is 7.53. The highest BCUT2D eigenvalue weighted by atomic mass is 16.6. The molecule has 6 nitrogen and oxygen atoms in total. The average molecular weight is 368 g/mol. The van der Waals surface area contributed by atoms with E-state index < -0.39 is 12.1 Å². The molecule has 0 aliphatic carbocycles. The van der Waals surface area contributed by atoms with Crippen LogP contribution in [-0.2, 0) is 9.53 Å². The predicted octanol–water partition coefficient (Wildman–Crippen LogP) is 3.56. The summed E-state index contributed by atoms with van der Waals surface area (Å²) < 4.78 is 21.2. The van der Waals surface area contributed by atoms with E-state index in [9.17, 15) is 9.59 Å². The quantitative estimate of drug-likeness (QED) is 0.594. The van der Waals surface area contributed by atoms with Crippen molar-refractivity contribution in [1.29, 1.82) is 0 Å². The molecule has 140 valence electrons. The van der Waals surface area contributed by atoms with E-state index in [0.29, 0.717) is 22.6 Å². The van der Waals surface area contributed by atoms with Gasteiger partial charge < -0.3 is 18.9 Å². The molecule has 0 saturated heterocycles. The summed E-state index contributed by atoms with van der Waals surface area (Å²) in [5.41, 5.74) is 1.93. The Hall–Kier alpha value is -3.28. The number of hydrogen-bond donors (Lipinski definition) is 0. The number of Topliss-reactive ketones (excluding diaryl/α,β-unsaturated/α-hetero) is 1. The van der Waals surface area contributed by atoms with Crippen molar-refractivity contribution < 1.29 is 28.5 Å². The van der Waals surface area contributed by atoms with Crippen LogP contribution in [0.2, 0.25) is 0 Å². The molecule has 0 saturated carbocycles. The molecule has 2 aromatic rings. The molecule has 1 aliphatic rings. The largest absolute Gasteiger partial charge is 0.497 e. The molecule has 0 N–H and O–H groups in total. The molecule has 0 fully saturated rings. The van der Waals surface area contributed by atoms with E-state index in [4.69, 9.17) is 14.2 Å². The van der Waals surface area contributed by atoms with Gasteiger partial charge in [-0.05, 0) is 49.8 Å². The number of benzene rings is 2. The monoisotopic (exact) mass is 368 g/mol. The molecule has 0 spiro atoms. The molecule has 1 heterocycles. The van der Waals surface area contributed by atoms with E-state index in [1.54, 1.807) is 39.2 Å². The van der Waals surface area contributed by atoms with Crippen molar-refractivity contribution in [2.75, 3.05) is 14.2 Å². The van der Waals surface area contributed by atoms with Crippen LogP contribution in [-0.4, -0.2) is 32.1 Å². The summed E-state index contributed by atoms with van der Waals surface area (Å²) in [5, 5.41) is 0. The van der Waals surface area contributed by atoms with E-state index in [1.165, 1.54) is 7.11 Å². The normalized spacial score (nSPS) is 15.1. The zero-order valence-corrected chi connectivity index (χ0v) is 15.6. The molecular weight excluding hydrogens is 348 g/mol. The van der Waals surface area contributed by atoms with Crippen LogP contribution in [0.15, 0.2) is 42.2 Å². The molecule has 6 heteroatoms. The Morgan fingerprint density at radius 2 is 1.81 bits per heavy atom. The van der Waals surface area contributed by atoms with Crippen LogP contribution < -0.4 is 14.2 Å². The lowest BCUT2D eigenvalue weighted by molar-refractivity contribution is -0.147. The van der Waals surface area contributed by atoms with Crippen LogP contribution >= 0.6 is 0 Å². The Morgan fingerprint density at radius 3 is 2.44 bits per heavy atom. The molecule has 3 rings (SSSR count). The fraction of sp³-hybridized carbons (Fsp3) is 0.238. The number of allylic oxidation sites excluding steroid dienone is 1. The smallest absolute Gasteiger partial charge is 0.346 e. The maximum Gasteiger partial charge on any atom is 0.346 e. The molecule has 0 aromatic heterocycles. The first-order chi connectivity index (χ1) is 12.9. The summed E-state index contributed by atoms with van der Waals surface area (Å²) in [6.07, 6.45) is 0.914. The molecule has 27 heavy (non-hydrogen) atoms. The van der Waals surface area contributed by atoms with Gasteiger partial charge in [-0.25, -0.2) is 4.79 Å². The van der Waals surface area contributed by atoms with Crippen LogP contribution in [0.25, 0.3) is 6.08 Å². The van der Waals surface area contributed by atoms with Gasteiger partial charge in [-0.1, -0.05) is 12.1 Å². The Morgan fingerprint density at radius 1 is 1.11 bits per heavy atom. The SMILES string of the molecule is COC(=O)[C@H](C)Oc1ccc2c(c1C)OC(=Cc1ccc(OC)cc1)C2=O. The molecule has 2 aromatic carbocycles. The first-order valence-corrected chi connectivity index (χ1v) is 8.41. The van der Waals surface area contributed by atoms with Gasteiger partial charge in [0.2, 0.25) is 5.78 Å². The lowest BCUT2D eigenvalue weighted by Gasteiger charge is -2.15. The van der Waals surface area contributed by atoms with Gasteiger partial charge in [0.1, 0.15) is 17.2 Å². The van der Waals surface area contributed by atoms with E-state index in [-0.39, 0.29) is 11.5 Å². The number of rotatable bonds is 5. The second-order valence-electron chi connectivity index (χ2n) is 6.06. The summed E-state index contributed by atoms with van der Waals surface area (Å²) in [5.74, 6) is 1.19. The topological polar surface area (TPSA) is 71.1 Å². The summed E-state index contributed by atoms with van der Waals surface area (Å²) in [7, 11) is 2.90. The van der Waals surface area contributed by atoms with Crippen LogP contribution in [0.3, 0.4) is 0 Å². The van der Waals surface area contributed by atoms with E-state index in [1.807, 2.05) is 24.3 Å². The minimum absolute atomic E-state index is 0.198.